The highest BCUT2D eigenvalue weighted by Crippen LogP contribution is 2.62. The fraction of sp³-hybridized carbons (Fsp3) is 0.667. The number of fused-ring (bicyclic) bond motifs is 3. The van der Waals surface area contributed by atoms with Gasteiger partial charge in [0.2, 0.25) is 0 Å². The maximum atomic E-state index is 10.9. The van der Waals surface area contributed by atoms with Crippen LogP contribution in [0.3, 0.4) is 0 Å². The molecule has 1 N–H and O–H groups in total. The summed E-state index contributed by atoms with van der Waals surface area (Å²) in [5, 5.41) is 10.9. The second-order valence-corrected chi connectivity index (χ2v) is 7.71. The number of hydrogen-bond donors (Lipinski definition) is 1. The third-order valence-electron chi connectivity index (χ3n) is 5.96. The molecule has 1 heteroatoms. The summed E-state index contributed by atoms with van der Waals surface area (Å²) in [4.78, 5) is 0. The first-order valence-electron chi connectivity index (χ1n) is 7.57. The third-order valence-corrected chi connectivity index (χ3v) is 5.96. The van der Waals surface area contributed by atoms with Crippen LogP contribution in [0.4, 0.5) is 0 Å². The molecule has 0 aromatic heterocycles. The van der Waals surface area contributed by atoms with Crippen molar-refractivity contribution in [2.45, 2.75) is 65.4 Å². The maximum absolute atomic E-state index is 10.9. The topological polar surface area (TPSA) is 20.2 Å². The van der Waals surface area contributed by atoms with Crippen LogP contribution in [0.25, 0.3) is 0 Å². The molecule has 0 amide bonds. The van der Waals surface area contributed by atoms with E-state index in [1.54, 1.807) is 0 Å². The predicted molar refractivity (Wildman–Crippen MR) is 79.3 cm³/mol. The third kappa shape index (κ3) is 1.64. The molecule has 104 valence electrons. The van der Waals surface area contributed by atoms with Gasteiger partial charge in [0.15, 0.2) is 0 Å². The first-order chi connectivity index (χ1) is 8.77. The zero-order valence-corrected chi connectivity index (χ0v) is 12.9. The summed E-state index contributed by atoms with van der Waals surface area (Å²) >= 11 is 0. The van der Waals surface area contributed by atoms with E-state index in [9.17, 15) is 5.11 Å². The molecule has 1 nitrogen and oxygen atoms in total. The van der Waals surface area contributed by atoms with E-state index in [0.29, 0.717) is 5.92 Å². The molecule has 0 spiro atoms. The van der Waals surface area contributed by atoms with Gasteiger partial charge in [0, 0.05) is 5.92 Å². The van der Waals surface area contributed by atoms with Gasteiger partial charge in [-0.25, -0.2) is 0 Å². The highest BCUT2D eigenvalue weighted by Gasteiger charge is 2.56. The summed E-state index contributed by atoms with van der Waals surface area (Å²) in [5.41, 5.74) is 5.67. The zero-order valence-electron chi connectivity index (χ0n) is 12.9. The van der Waals surface area contributed by atoms with E-state index in [4.69, 9.17) is 0 Å². The van der Waals surface area contributed by atoms with Gasteiger partial charge in [-0.1, -0.05) is 39.3 Å². The monoisotopic (exact) mass is 258 g/mol. The molecular weight excluding hydrogens is 232 g/mol. The van der Waals surface area contributed by atoms with Crippen molar-refractivity contribution in [3.8, 4) is 0 Å². The van der Waals surface area contributed by atoms with Gasteiger partial charge >= 0.3 is 0 Å². The summed E-state index contributed by atoms with van der Waals surface area (Å²) in [6, 6.07) is 4.57. The van der Waals surface area contributed by atoms with Crippen LogP contribution in [-0.4, -0.2) is 5.11 Å². The molecule has 3 rings (SSSR count). The summed E-state index contributed by atoms with van der Waals surface area (Å²) in [6.45, 7) is 11.4. The van der Waals surface area contributed by atoms with Gasteiger partial charge in [0.25, 0.3) is 0 Å². The second-order valence-electron chi connectivity index (χ2n) is 7.71. The van der Waals surface area contributed by atoms with E-state index >= 15 is 0 Å². The van der Waals surface area contributed by atoms with Crippen LogP contribution in [-0.2, 0) is 5.41 Å². The minimum Gasteiger partial charge on any atom is -0.388 e. The lowest BCUT2D eigenvalue weighted by atomic mass is 9.56. The Morgan fingerprint density at radius 1 is 1.05 bits per heavy atom. The molecule has 0 unspecified atom stereocenters. The summed E-state index contributed by atoms with van der Waals surface area (Å²) < 4.78 is 0. The molecular formula is C18H26O. The van der Waals surface area contributed by atoms with Gasteiger partial charge in [-0.05, 0) is 59.8 Å². The molecule has 1 aromatic carbocycles. The van der Waals surface area contributed by atoms with Crippen LogP contribution in [0.2, 0.25) is 0 Å². The average molecular weight is 258 g/mol. The van der Waals surface area contributed by atoms with Crippen molar-refractivity contribution in [3.63, 3.8) is 0 Å². The van der Waals surface area contributed by atoms with E-state index in [2.05, 4.69) is 46.8 Å². The fourth-order valence-electron chi connectivity index (χ4n) is 4.92. The highest BCUT2D eigenvalue weighted by molar-refractivity contribution is 5.48. The lowest BCUT2D eigenvalue weighted by molar-refractivity contribution is -0.0272. The van der Waals surface area contributed by atoms with E-state index in [1.165, 1.54) is 41.5 Å². The Balaban J connectivity index is 2.22. The molecule has 3 atom stereocenters. The molecule has 1 aromatic rings. The van der Waals surface area contributed by atoms with Crippen molar-refractivity contribution < 1.29 is 5.11 Å². The van der Waals surface area contributed by atoms with Crippen LogP contribution in [0.15, 0.2) is 12.1 Å². The lowest BCUT2D eigenvalue weighted by Gasteiger charge is -2.48. The molecule has 19 heavy (non-hydrogen) atoms. The van der Waals surface area contributed by atoms with E-state index in [1.807, 2.05) is 0 Å². The van der Waals surface area contributed by atoms with Gasteiger partial charge in [-0.15, -0.1) is 0 Å². The maximum Gasteiger partial charge on any atom is 0.0834 e. The van der Waals surface area contributed by atoms with Gasteiger partial charge in [0.05, 0.1) is 6.10 Å². The zero-order chi connectivity index (χ0) is 14.0. The minimum atomic E-state index is -0.283. The van der Waals surface area contributed by atoms with Crippen molar-refractivity contribution in [1.82, 2.24) is 0 Å². The smallest absolute Gasteiger partial charge is 0.0834 e. The Morgan fingerprint density at radius 3 is 2.37 bits per heavy atom. The highest BCUT2D eigenvalue weighted by atomic mass is 16.3. The van der Waals surface area contributed by atoms with Gasteiger partial charge in [0.1, 0.15) is 0 Å². The van der Waals surface area contributed by atoms with Crippen molar-refractivity contribution >= 4 is 0 Å². The first-order valence-corrected chi connectivity index (χ1v) is 7.57. The Morgan fingerprint density at radius 2 is 1.68 bits per heavy atom. The van der Waals surface area contributed by atoms with Crippen molar-refractivity contribution in [1.29, 1.82) is 0 Å². The van der Waals surface area contributed by atoms with Crippen LogP contribution in [0.1, 0.15) is 68.4 Å². The molecule has 0 bridgehead atoms. The standard InChI is InChI=1S/C18H26O/c1-11-9-13-14(10-12(11)2)18(5)8-6-7-17(3,4)16(18)15(13)19/h9-10,15-16,19H,6-8H2,1-5H3/t15-,16-,18-/m0/s1. The summed E-state index contributed by atoms with van der Waals surface area (Å²) in [5.74, 6) is 0.366. The normalized spacial score (nSPS) is 35.9. The first kappa shape index (κ1) is 13.2. The molecule has 0 heterocycles. The van der Waals surface area contributed by atoms with Crippen LogP contribution in [0.5, 0.6) is 0 Å². The van der Waals surface area contributed by atoms with E-state index in [0.717, 1.165) is 0 Å². The number of aryl methyl sites for hydroxylation is 2. The van der Waals surface area contributed by atoms with Crippen molar-refractivity contribution in [2.75, 3.05) is 0 Å². The molecule has 2 aliphatic carbocycles. The summed E-state index contributed by atoms with van der Waals surface area (Å²) in [6.07, 6.45) is 3.44. The Bertz CT molecular complexity index is 529. The Kier molecular flexibility index (Phi) is 2.67. The second kappa shape index (κ2) is 3.85. The van der Waals surface area contributed by atoms with Crippen LogP contribution < -0.4 is 0 Å². The van der Waals surface area contributed by atoms with E-state index < -0.39 is 0 Å². The van der Waals surface area contributed by atoms with Gasteiger partial charge in [-0.3, -0.25) is 0 Å². The van der Waals surface area contributed by atoms with Gasteiger partial charge in [-0.2, -0.15) is 0 Å². The molecule has 0 aliphatic heterocycles. The fourth-order valence-corrected chi connectivity index (χ4v) is 4.92. The SMILES string of the molecule is Cc1cc2c(cc1C)[C@]1(C)CCCC(C)(C)[C@@H]1[C@H]2O. The average Bonchev–Trinajstić information content (AvgIpc) is 2.50. The Hall–Kier alpha value is -0.820. The largest absolute Gasteiger partial charge is 0.388 e. The number of rotatable bonds is 0. The Labute approximate surface area is 117 Å². The molecule has 1 fully saturated rings. The molecule has 1 saturated carbocycles. The quantitative estimate of drug-likeness (QED) is 0.729. The van der Waals surface area contributed by atoms with Crippen LogP contribution in [0, 0.1) is 25.2 Å². The molecule has 0 saturated heterocycles. The molecule has 2 aliphatic rings. The number of aliphatic hydroxyl groups is 1. The minimum absolute atomic E-state index is 0.162. The van der Waals surface area contributed by atoms with Crippen molar-refractivity contribution in [3.05, 3.63) is 34.4 Å². The molecule has 0 radical (unpaired) electrons. The number of aliphatic hydroxyl groups excluding tert-OH is 1. The van der Waals surface area contributed by atoms with E-state index in [-0.39, 0.29) is 16.9 Å². The lowest BCUT2D eigenvalue weighted by Crippen LogP contribution is -2.43. The predicted octanol–water partition coefficient (Wildman–Crippen LogP) is 4.43. The van der Waals surface area contributed by atoms with Crippen molar-refractivity contribution in [2.24, 2.45) is 11.3 Å². The van der Waals surface area contributed by atoms with Crippen LogP contribution >= 0.6 is 0 Å². The van der Waals surface area contributed by atoms with Gasteiger partial charge < -0.3 is 5.11 Å². The number of hydrogen-bond acceptors (Lipinski definition) is 1. The number of benzene rings is 1. The summed E-state index contributed by atoms with van der Waals surface area (Å²) in [7, 11) is 0.